The molecule has 0 aliphatic carbocycles. The van der Waals surface area contributed by atoms with Gasteiger partial charge in [-0.2, -0.15) is 4.98 Å². The second kappa shape index (κ2) is 2.60. The van der Waals surface area contributed by atoms with Gasteiger partial charge >= 0.3 is 0 Å². The highest BCUT2D eigenvalue weighted by molar-refractivity contribution is 7.07. The number of nitrogens with zero attached hydrogens (tertiary/aromatic N) is 3. The van der Waals surface area contributed by atoms with E-state index in [0.29, 0.717) is 11.6 Å². The lowest BCUT2D eigenvalue weighted by Crippen LogP contribution is -1.73. The van der Waals surface area contributed by atoms with Crippen molar-refractivity contribution < 1.29 is 4.52 Å². The van der Waals surface area contributed by atoms with Crippen LogP contribution in [0.3, 0.4) is 0 Å². The molecule has 4 nitrogen and oxygen atoms in total. The van der Waals surface area contributed by atoms with E-state index in [0.717, 1.165) is 0 Å². The summed E-state index contributed by atoms with van der Waals surface area (Å²) >= 11 is 6.90. The minimum atomic E-state index is 0.105. The molecule has 0 spiro atoms. The zero-order chi connectivity index (χ0) is 7.68. The Hall–Kier alpha value is -0.940. The highest BCUT2D eigenvalue weighted by atomic mass is 35.5. The van der Waals surface area contributed by atoms with Gasteiger partial charge in [-0.25, -0.2) is 4.98 Å². The lowest BCUT2D eigenvalue weighted by molar-refractivity contribution is 0.429. The van der Waals surface area contributed by atoms with E-state index in [9.17, 15) is 0 Å². The van der Waals surface area contributed by atoms with Gasteiger partial charge in [-0.3, -0.25) is 0 Å². The van der Waals surface area contributed by atoms with Crippen LogP contribution in [0.15, 0.2) is 15.4 Å². The Bertz CT molecular complexity index is 344. The molecule has 0 bridgehead atoms. The topological polar surface area (TPSA) is 51.8 Å². The molecule has 0 unspecified atom stereocenters. The Morgan fingerprint density at radius 3 is 3.00 bits per heavy atom. The molecule has 6 heteroatoms. The first kappa shape index (κ1) is 6.75. The maximum Gasteiger partial charge on any atom is 0.278 e. The van der Waals surface area contributed by atoms with Crippen LogP contribution in [0.5, 0.6) is 0 Å². The molecule has 0 aliphatic heterocycles. The molecule has 0 amide bonds. The Morgan fingerprint density at radius 2 is 2.45 bits per heavy atom. The fraction of sp³-hybridized carbons (Fsp3) is 0. The molecule has 2 heterocycles. The summed E-state index contributed by atoms with van der Waals surface area (Å²) in [7, 11) is 0. The van der Waals surface area contributed by atoms with Crippen molar-refractivity contribution in [2.24, 2.45) is 0 Å². The van der Waals surface area contributed by atoms with Crippen molar-refractivity contribution in [2.45, 2.75) is 0 Å². The average Bonchev–Trinajstić information content (AvgIpc) is 2.55. The number of hydrogen-bond donors (Lipinski definition) is 0. The Labute approximate surface area is 70.8 Å². The summed E-state index contributed by atoms with van der Waals surface area (Å²) in [4.78, 5) is 7.75. The number of thiazole rings is 1. The Morgan fingerprint density at radius 1 is 1.55 bits per heavy atom. The van der Waals surface area contributed by atoms with Crippen molar-refractivity contribution in [1.29, 1.82) is 0 Å². The van der Waals surface area contributed by atoms with E-state index < -0.39 is 0 Å². The molecule has 0 atom stereocenters. The first-order chi connectivity index (χ1) is 5.36. The van der Waals surface area contributed by atoms with Crippen LogP contribution in [0.25, 0.3) is 11.6 Å². The van der Waals surface area contributed by atoms with Crippen LogP contribution in [-0.4, -0.2) is 15.1 Å². The van der Waals surface area contributed by atoms with Crippen LogP contribution in [0.2, 0.25) is 5.28 Å². The molecule has 0 radical (unpaired) electrons. The monoisotopic (exact) mass is 187 g/mol. The van der Waals surface area contributed by atoms with Gasteiger partial charge in [0.25, 0.3) is 11.2 Å². The molecule has 0 N–H and O–H groups in total. The molecule has 11 heavy (non-hydrogen) atoms. The smallest absolute Gasteiger partial charge is 0.278 e. The van der Waals surface area contributed by atoms with E-state index in [1.807, 2.05) is 5.38 Å². The molecule has 2 aromatic heterocycles. The van der Waals surface area contributed by atoms with Gasteiger partial charge in [0.2, 0.25) is 0 Å². The lowest BCUT2D eigenvalue weighted by Gasteiger charge is -1.79. The van der Waals surface area contributed by atoms with Gasteiger partial charge in [-0.05, 0) is 16.8 Å². The van der Waals surface area contributed by atoms with Crippen molar-refractivity contribution in [3.63, 3.8) is 0 Å². The summed E-state index contributed by atoms with van der Waals surface area (Å²) in [6, 6.07) is 0. The zero-order valence-corrected chi connectivity index (χ0v) is 6.76. The molecule has 0 fully saturated rings. The van der Waals surface area contributed by atoms with Crippen LogP contribution in [0.1, 0.15) is 0 Å². The largest absolute Gasteiger partial charge is 0.331 e. The predicted molar refractivity (Wildman–Crippen MR) is 40.4 cm³/mol. The maximum atomic E-state index is 5.44. The third-order valence-corrected chi connectivity index (χ3v) is 1.79. The normalized spacial score (nSPS) is 10.3. The summed E-state index contributed by atoms with van der Waals surface area (Å²) in [5, 5.41) is 5.33. The number of rotatable bonds is 1. The fourth-order valence-electron chi connectivity index (χ4n) is 0.628. The molecule has 2 rings (SSSR count). The van der Waals surface area contributed by atoms with Crippen molar-refractivity contribution >= 4 is 22.9 Å². The van der Waals surface area contributed by atoms with Gasteiger partial charge in [-0.15, -0.1) is 11.3 Å². The summed E-state index contributed by atoms with van der Waals surface area (Å²) in [5.74, 6) is 0.358. The van der Waals surface area contributed by atoms with Gasteiger partial charge in [0.05, 0.1) is 5.51 Å². The summed E-state index contributed by atoms with van der Waals surface area (Å²) in [6.07, 6.45) is 0. The second-order valence-corrected chi connectivity index (χ2v) is 2.80. The molecule has 56 valence electrons. The average molecular weight is 188 g/mol. The van der Waals surface area contributed by atoms with Crippen molar-refractivity contribution in [3.05, 3.63) is 16.2 Å². The molecule has 0 saturated carbocycles. The highest BCUT2D eigenvalue weighted by Gasteiger charge is 2.07. The molecule has 0 aromatic carbocycles. The van der Waals surface area contributed by atoms with Crippen molar-refractivity contribution in [1.82, 2.24) is 15.1 Å². The van der Waals surface area contributed by atoms with E-state index >= 15 is 0 Å². The summed E-state index contributed by atoms with van der Waals surface area (Å²) < 4.78 is 4.76. The molecule has 2 aromatic rings. The molecule has 0 saturated heterocycles. The van der Waals surface area contributed by atoms with Gasteiger partial charge in [0.1, 0.15) is 5.69 Å². The van der Waals surface area contributed by atoms with Crippen LogP contribution in [-0.2, 0) is 0 Å². The Balaban J connectivity index is 2.45. The Kier molecular flexibility index (Phi) is 1.59. The highest BCUT2D eigenvalue weighted by Crippen LogP contribution is 2.17. The minimum absolute atomic E-state index is 0.105. The quantitative estimate of drug-likeness (QED) is 0.684. The van der Waals surface area contributed by atoms with Crippen LogP contribution in [0, 0.1) is 0 Å². The summed E-state index contributed by atoms with van der Waals surface area (Å²) in [6.45, 7) is 0. The van der Waals surface area contributed by atoms with Crippen LogP contribution in [0.4, 0.5) is 0 Å². The first-order valence-corrected chi connectivity index (χ1v) is 4.06. The number of hydrogen-bond acceptors (Lipinski definition) is 5. The third-order valence-electron chi connectivity index (χ3n) is 1.05. The standard InChI is InChI=1S/C5H2ClN3OS/c6-5-8-4(10-9-5)3-1-11-2-7-3/h1-2H. The second-order valence-electron chi connectivity index (χ2n) is 1.74. The van der Waals surface area contributed by atoms with Crippen molar-refractivity contribution in [3.8, 4) is 11.6 Å². The van der Waals surface area contributed by atoms with E-state index in [1.165, 1.54) is 11.3 Å². The van der Waals surface area contributed by atoms with Gasteiger partial charge in [-0.1, -0.05) is 0 Å². The zero-order valence-electron chi connectivity index (χ0n) is 5.19. The van der Waals surface area contributed by atoms with Gasteiger partial charge < -0.3 is 4.52 Å². The van der Waals surface area contributed by atoms with Gasteiger partial charge in [0.15, 0.2) is 0 Å². The van der Waals surface area contributed by atoms with E-state index in [2.05, 4.69) is 15.1 Å². The van der Waals surface area contributed by atoms with E-state index in [4.69, 9.17) is 16.1 Å². The molecule has 0 aliphatic rings. The van der Waals surface area contributed by atoms with Crippen LogP contribution >= 0.6 is 22.9 Å². The van der Waals surface area contributed by atoms with Crippen LogP contribution < -0.4 is 0 Å². The van der Waals surface area contributed by atoms with Gasteiger partial charge in [0, 0.05) is 5.38 Å². The molecular weight excluding hydrogens is 186 g/mol. The fourth-order valence-corrected chi connectivity index (χ4v) is 1.26. The summed E-state index contributed by atoms with van der Waals surface area (Å²) in [5.41, 5.74) is 2.35. The number of aromatic nitrogens is 3. The first-order valence-electron chi connectivity index (χ1n) is 2.74. The predicted octanol–water partition coefficient (Wildman–Crippen LogP) is 1.85. The SMILES string of the molecule is Clc1noc(-c2cscn2)n1. The van der Waals surface area contributed by atoms with E-state index in [1.54, 1.807) is 5.51 Å². The number of halogens is 1. The van der Waals surface area contributed by atoms with Crippen molar-refractivity contribution in [2.75, 3.05) is 0 Å². The third kappa shape index (κ3) is 1.24. The maximum absolute atomic E-state index is 5.44. The molecular formula is C5H2ClN3OS. The lowest BCUT2D eigenvalue weighted by atomic mass is 10.5. The van der Waals surface area contributed by atoms with E-state index in [-0.39, 0.29) is 5.28 Å². The minimum Gasteiger partial charge on any atom is -0.331 e.